The van der Waals surface area contributed by atoms with Gasteiger partial charge in [0.15, 0.2) is 6.19 Å². The fourth-order valence-corrected chi connectivity index (χ4v) is 1.60. The first-order valence-electron chi connectivity index (χ1n) is 5.74. The first kappa shape index (κ1) is 12.6. The van der Waals surface area contributed by atoms with Crippen LogP contribution < -0.4 is 11.1 Å². The van der Waals surface area contributed by atoms with Gasteiger partial charge in [0, 0.05) is 18.0 Å². The molecule has 0 spiro atoms. The molecule has 5 nitrogen and oxygen atoms in total. The van der Waals surface area contributed by atoms with Gasteiger partial charge in [-0.2, -0.15) is 5.26 Å². The second kappa shape index (κ2) is 6.17. The zero-order valence-corrected chi connectivity index (χ0v) is 10.2. The Balaban J connectivity index is 2.23. The lowest BCUT2D eigenvalue weighted by molar-refractivity contribution is 1.04. The maximum atomic E-state index is 8.77. The van der Waals surface area contributed by atoms with E-state index in [1.54, 1.807) is 18.5 Å². The van der Waals surface area contributed by atoms with E-state index in [0.717, 1.165) is 5.56 Å². The predicted molar refractivity (Wildman–Crippen MR) is 74.1 cm³/mol. The number of amidine groups is 1. The molecule has 0 saturated carbocycles. The molecule has 0 atom stereocenters. The summed E-state index contributed by atoms with van der Waals surface area (Å²) in [7, 11) is 0. The lowest BCUT2D eigenvalue weighted by Gasteiger charge is -2.05. The number of nitrogens with zero attached hydrogens (tertiary/aromatic N) is 3. The molecule has 1 aromatic heterocycles. The normalized spacial score (nSPS) is 10.8. The highest BCUT2D eigenvalue weighted by molar-refractivity contribution is 5.99. The van der Waals surface area contributed by atoms with Crippen molar-refractivity contribution in [3.05, 3.63) is 59.9 Å². The zero-order valence-electron chi connectivity index (χ0n) is 10.2. The molecule has 94 valence electrons. The number of aromatic nitrogens is 1. The van der Waals surface area contributed by atoms with Crippen molar-refractivity contribution >= 4 is 11.5 Å². The molecule has 2 rings (SSSR count). The average molecular weight is 251 g/mol. The van der Waals surface area contributed by atoms with Crippen molar-refractivity contribution in [1.82, 2.24) is 10.3 Å². The van der Waals surface area contributed by atoms with Crippen LogP contribution in [-0.2, 0) is 6.54 Å². The molecule has 0 bridgehead atoms. The molecule has 0 radical (unpaired) electrons. The Morgan fingerprint density at radius 2 is 2.11 bits per heavy atom. The second-order valence-corrected chi connectivity index (χ2v) is 3.89. The van der Waals surface area contributed by atoms with Crippen LogP contribution in [-0.4, -0.2) is 10.8 Å². The van der Waals surface area contributed by atoms with Crippen molar-refractivity contribution in [3.8, 4) is 6.19 Å². The Labute approximate surface area is 111 Å². The molecule has 0 fully saturated rings. The summed E-state index contributed by atoms with van der Waals surface area (Å²) >= 11 is 0. The van der Waals surface area contributed by atoms with E-state index < -0.39 is 0 Å². The largest absolute Gasteiger partial charge is 0.397 e. The lowest BCUT2D eigenvalue weighted by Crippen LogP contribution is -2.19. The summed E-state index contributed by atoms with van der Waals surface area (Å²) in [6.45, 7) is 0.486. The van der Waals surface area contributed by atoms with E-state index in [1.807, 2.05) is 36.5 Å². The Kier molecular flexibility index (Phi) is 4.09. The highest BCUT2D eigenvalue weighted by atomic mass is 15.0. The van der Waals surface area contributed by atoms with E-state index in [9.17, 15) is 0 Å². The van der Waals surface area contributed by atoms with Gasteiger partial charge >= 0.3 is 0 Å². The van der Waals surface area contributed by atoms with E-state index in [0.29, 0.717) is 23.6 Å². The minimum absolute atomic E-state index is 0.464. The number of nitrogen functional groups attached to an aromatic ring is 1. The van der Waals surface area contributed by atoms with E-state index in [4.69, 9.17) is 11.0 Å². The van der Waals surface area contributed by atoms with Crippen LogP contribution in [0.3, 0.4) is 0 Å². The maximum Gasteiger partial charge on any atom is 0.182 e. The van der Waals surface area contributed by atoms with E-state index >= 15 is 0 Å². The van der Waals surface area contributed by atoms with Crippen molar-refractivity contribution in [2.75, 3.05) is 5.73 Å². The number of pyridine rings is 1. The number of anilines is 1. The zero-order chi connectivity index (χ0) is 13.5. The minimum atomic E-state index is 0.464. The molecule has 0 unspecified atom stereocenters. The first-order chi connectivity index (χ1) is 9.29. The number of nitriles is 1. The summed E-state index contributed by atoms with van der Waals surface area (Å²) in [6.07, 6.45) is 5.03. The van der Waals surface area contributed by atoms with Crippen LogP contribution in [0.15, 0.2) is 53.8 Å². The quantitative estimate of drug-likeness (QED) is 0.376. The van der Waals surface area contributed by atoms with Gasteiger partial charge in [-0.15, -0.1) is 0 Å². The lowest BCUT2D eigenvalue weighted by atomic mass is 10.2. The van der Waals surface area contributed by atoms with Crippen LogP contribution in [0.25, 0.3) is 0 Å². The van der Waals surface area contributed by atoms with Gasteiger partial charge in [-0.25, -0.2) is 0 Å². The van der Waals surface area contributed by atoms with E-state index in [-0.39, 0.29) is 0 Å². The Hall–Kier alpha value is -2.87. The van der Waals surface area contributed by atoms with Gasteiger partial charge in [-0.3, -0.25) is 15.3 Å². The van der Waals surface area contributed by atoms with Crippen molar-refractivity contribution in [1.29, 1.82) is 5.26 Å². The molecule has 1 aromatic carbocycles. The maximum absolute atomic E-state index is 8.77. The Morgan fingerprint density at radius 3 is 2.79 bits per heavy atom. The molecule has 5 heteroatoms. The van der Waals surface area contributed by atoms with Crippen LogP contribution in [0.1, 0.15) is 11.1 Å². The third-order valence-electron chi connectivity index (χ3n) is 2.47. The van der Waals surface area contributed by atoms with Crippen molar-refractivity contribution in [3.63, 3.8) is 0 Å². The first-order valence-corrected chi connectivity index (χ1v) is 5.74. The van der Waals surface area contributed by atoms with Crippen molar-refractivity contribution < 1.29 is 0 Å². The van der Waals surface area contributed by atoms with Crippen LogP contribution >= 0.6 is 0 Å². The van der Waals surface area contributed by atoms with Crippen LogP contribution in [0.5, 0.6) is 0 Å². The van der Waals surface area contributed by atoms with Crippen LogP contribution in [0.4, 0.5) is 5.69 Å². The number of rotatable bonds is 3. The van der Waals surface area contributed by atoms with E-state index in [2.05, 4.69) is 15.3 Å². The van der Waals surface area contributed by atoms with Crippen LogP contribution in [0.2, 0.25) is 0 Å². The fourth-order valence-electron chi connectivity index (χ4n) is 1.60. The topological polar surface area (TPSA) is 87.1 Å². The van der Waals surface area contributed by atoms with Gasteiger partial charge in [0.05, 0.1) is 12.2 Å². The smallest absolute Gasteiger partial charge is 0.182 e. The third kappa shape index (κ3) is 3.54. The number of hydrogen-bond acceptors (Lipinski definition) is 4. The van der Waals surface area contributed by atoms with E-state index in [1.165, 1.54) is 0 Å². The van der Waals surface area contributed by atoms with Gasteiger partial charge in [0.1, 0.15) is 5.84 Å². The monoisotopic (exact) mass is 251 g/mol. The summed E-state index contributed by atoms with van der Waals surface area (Å²) in [5.74, 6) is 0.464. The van der Waals surface area contributed by atoms with Gasteiger partial charge in [-0.05, 0) is 11.6 Å². The summed E-state index contributed by atoms with van der Waals surface area (Å²) in [6, 6.07) is 11.5. The molecule has 0 saturated heterocycles. The molecule has 0 aliphatic carbocycles. The summed E-state index contributed by atoms with van der Waals surface area (Å²) < 4.78 is 0. The molecule has 3 N–H and O–H groups in total. The SMILES string of the molecule is N#CNC(=NCc1ccccc1)c1cncc(N)c1. The fraction of sp³-hybridized carbons (Fsp3) is 0.0714. The number of hydrogen-bond donors (Lipinski definition) is 2. The molecule has 1 heterocycles. The van der Waals surface area contributed by atoms with Crippen molar-refractivity contribution in [2.45, 2.75) is 6.54 Å². The molecule has 0 amide bonds. The molecular formula is C14H13N5. The second-order valence-electron chi connectivity index (χ2n) is 3.89. The van der Waals surface area contributed by atoms with Crippen molar-refractivity contribution in [2.24, 2.45) is 4.99 Å². The predicted octanol–water partition coefficient (Wildman–Crippen LogP) is 1.68. The third-order valence-corrected chi connectivity index (χ3v) is 2.47. The number of aliphatic imine (C=N–C) groups is 1. The minimum Gasteiger partial charge on any atom is -0.397 e. The van der Waals surface area contributed by atoms with Gasteiger partial charge in [-0.1, -0.05) is 30.3 Å². The average Bonchev–Trinajstić information content (AvgIpc) is 2.44. The number of benzene rings is 1. The van der Waals surface area contributed by atoms with Gasteiger partial charge in [0.25, 0.3) is 0 Å². The molecule has 0 aliphatic rings. The summed E-state index contributed by atoms with van der Waals surface area (Å²) in [5.41, 5.74) is 7.96. The molecule has 19 heavy (non-hydrogen) atoms. The Bertz CT molecular complexity index is 613. The standard InChI is InChI=1S/C14H13N5/c15-10-19-14(12-6-13(16)9-17-8-12)18-7-11-4-2-1-3-5-11/h1-6,8-9H,7,16H2,(H,18,19). The number of nitrogens with one attached hydrogen (secondary N) is 1. The molecular weight excluding hydrogens is 238 g/mol. The summed E-state index contributed by atoms with van der Waals surface area (Å²) in [4.78, 5) is 8.37. The highest BCUT2D eigenvalue weighted by Crippen LogP contribution is 2.06. The molecule has 2 aromatic rings. The number of nitrogens with two attached hydrogens (primary N) is 1. The Morgan fingerprint density at radius 1 is 1.32 bits per heavy atom. The molecule has 0 aliphatic heterocycles. The van der Waals surface area contributed by atoms with Gasteiger partial charge in [0.2, 0.25) is 0 Å². The highest BCUT2D eigenvalue weighted by Gasteiger charge is 2.03. The summed E-state index contributed by atoms with van der Waals surface area (Å²) in [5, 5.41) is 11.3. The van der Waals surface area contributed by atoms with Gasteiger partial charge < -0.3 is 5.73 Å². The van der Waals surface area contributed by atoms with Crippen LogP contribution in [0, 0.1) is 11.5 Å².